The molecule has 4 nitrogen and oxygen atoms in total. The molecule has 0 radical (unpaired) electrons. The van der Waals surface area contributed by atoms with E-state index in [0.29, 0.717) is 0 Å². The van der Waals surface area contributed by atoms with Crippen LogP contribution in [0.25, 0.3) is 0 Å². The number of rotatable bonds is 2. The highest BCUT2D eigenvalue weighted by molar-refractivity contribution is 6.12. The van der Waals surface area contributed by atoms with Gasteiger partial charge in [0.05, 0.1) is 11.1 Å². The topological polar surface area (TPSA) is 77.8 Å². The molecule has 2 aromatic carbocycles. The summed E-state index contributed by atoms with van der Waals surface area (Å²) in [4.78, 5) is 12.0. The zero-order valence-corrected chi connectivity index (χ0v) is 8.79. The Bertz CT molecular complexity index is 575. The van der Waals surface area contributed by atoms with E-state index in [1.54, 1.807) is 12.1 Å². The molecule has 2 rings (SSSR count). The first-order valence-electron chi connectivity index (χ1n) is 4.94. The van der Waals surface area contributed by atoms with Crippen LogP contribution in [0.2, 0.25) is 0 Å². The van der Waals surface area contributed by atoms with Crippen LogP contribution in [-0.2, 0) is 0 Å². The van der Waals surface area contributed by atoms with Crippen LogP contribution in [0.3, 0.4) is 0 Å². The van der Waals surface area contributed by atoms with Crippen molar-refractivity contribution in [1.82, 2.24) is 0 Å². The van der Waals surface area contributed by atoms with Crippen molar-refractivity contribution in [2.24, 2.45) is 0 Å². The normalized spacial score (nSPS) is 10.1. The molecule has 2 aromatic rings. The Balaban J connectivity index is 2.51. The van der Waals surface area contributed by atoms with E-state index in [-0.39, 0.29) is 28.4 Å². The minimum atomic E-state index is -0.545. The zero-order valence-electron chi connectivity index (χ0n) is 8.79. The fraction of sp³-hybridized carbons (Fsp3) is 0. The minimum absolute atomic E-state index is 0.0495. The maximum absolute atomic E-state index is 12.0. The Kier molecular flexibility index (Phi) is 2.70. The van der Waals surface area contributed by atoms with E-state index in [1.807, 2.05) is 0 Å². The summed E-state index contributed by atoms with van der Waals surface area (Å²) >= 11 is 0. The van der Waals surface area contributed by atoms with E-state index in [2.05, 4.69) is 0 Å². The Morgan fingerprint density at radius 3 is 2.18 bits per heavy atom. The van der Waals surface area contributed by atoms with Gasteiger partial charge in [0, 0.05) is 0 Å². The molecule has 0 heterocycles. The van der Waals surface area contributed by atoms with E-state index in [1.165, 1.54) is 24.3 Å². The molecule has 0 aromatic heterocycles. The van der Waals surface area contributed by atoms with Crippen LogP contribution in [0, 0.1) is 0 Å². The number of phenols is 3. The minimum Gasteiger partial charge on any atom is -0.508 e. The van der Waals surface area contributed by atoms with E-state index < -0.39 is 5.78 Å². The van der Waals surface area contributed by atoms with Gasteiger partial charge in [-0.3, -0.25) is 4.79 Å². The second-order valence-corrected chi connectivity index (χ2v) is 3.55. The fourth-order valence-corrected chi connectivity index (χ4v) is 1.52. The van der Waals surface area contributed by atoms with Gasteiger partial charge in [0.25, 0.3) is 0 Å². The Morgan fingerprint density at radius 1 is 0.824 bits per heavy atom. The van der Waals surface area contributed by atoms with Gasteiger partial charge >= 0.3 is 0 Å². The molecular formula is C13H10O4. The largest absolute Gasteiger partial charge is 0.508 e. The molecule has 0 atom stereocenters. The summed E-state index contributed by atoms with van der Waals surface area (Å²) in [6.45, 7) is 0. The van der Waals surface area contributed by atoms with E-state index >= 15 is 0 Å². The molecule has 86 valence electrons. The summed E-state index contributed by atoms with van der Waals surface area (Å²) in [6.07, 6.45) is 0. The molecule has 3 N–H and O–H groups in total. The molecule has 0 aliphatic carbocycles. The number of carbonyl (C=O) groups excluding carboxylic acids is 1. The molecule has 0 unspecified atom stereocenters. The second-order valence-electron chi connectivity index (χ2n) is 3.55. The van der Waals surface area contributed by atoms with E-state index in [9.17, 15) is 20.1 Å². The van der Waals surface area contributed by atoms with Crippen molar-refractivity contribution >= 4 is 5.78 Å². The zero-order chi connectivity index (χ0) is 12.4. The van der Waals surface area contributed by atoms with Gasteiger partial charge in [0.15, 0.2) is 0 Å². The van der Waals surface area contributed by atoms with Crippen molar-refractivity contribution in [1.29, 1.82) is 0 Å². The number of phenolic OH excluding ortho intramolecular Hbond substituents is 3. The quantitative estimate of drug-likeness (QED) is 0.545. The van der Waals surface area contributed by atoms with Gasteiger partial charge in [-0.15, -0.1) is 0 Å². The Labute approximate surface area is 97.4 Å². The van der Waals surface area contributed by atoms with Gasteiger partial charge in [0.2, 0.25) is 5.78 Å². The average molecular weight is 230 g/mol. The van der Waals surface area contributed by atoms with Gasteiger partial charge in [-0.05, 0) is 30.3 Å². The Morgan fingerprint density at radius 2 is 1.47 bits per heavy atom. The molecule has 0 aliphatic heterocycles. The lowest BCUT2D eigenvalue weighted by Gasteiger charge is -2.06. The van der Waals surface area contributed by atoms with Crippen LogP contribution in [-0.4, -0.2) is 21.1 Å². The van der Waals surface area contributed by atoms with Crippen LogP contribution in [0.15, 0.2) is 42.5 Å². The van der Waals surface area contributed by atoms with Crippen LogP contribution < -0.4 is 0 Å². The molecule has 0 amide bonds. The van der Waals surface area contributed by atoms with Crippen molar-refractivity contribution in [2.45, 2.75) is 0 Å². The third-order valence-corrected chi connectivity index (χ3v) is 2.37. The number of hydrogen-bond acceptors (Lipinski definition) is 4. The SMILES string of the molecule is O=C(c1ccccc1O)c1cc(O)ccc1O. The number of ketones is 1. The van der Waals surface area contributed by atoms with Crippen molar-refractivity contribution < 1.29 is 20.1 Å². The van der Waals surface area contributed by atoms with Crippen LogP contribution >= 0.6 is 0 Å². The van der Waals surface area contributed by atoms with Gasteiger partial charge in [0.1, 0.15) is 17.2 Å². The third kappa shape index (κ3) is 2.06. The molecule has 4 heteroatoms. The highest BCUT2D eigenvalue weighted by Gasteiger charge is 2.16. The summed E-state index contributed by atoms with van der Waals surface area (Å²) < 4.78 is 0. The van der Waals surface area contributed by atoms with Crippen LogP contribution in [0.4, 0.5) is 0 Å². The Hall–Kier alpha value is -2.49. The number of hydrogen-bond donors (Lipinski definition) is 3. The molecule has 0 aliphatic rings. The van der Waals surface area contributed by atoms with Crippen molar-refractivity contribution in [2.75, 3.05) is 0 Å². The molecule has 17 heavy (non-hydrogen) atoms. The standard InChI is InChI=1S/C13H10O4/c14-8-5-6-12(16)10(7-8)13(17)9-3-1-2-4-11(9)15/h1-7,14-16H. The highest BCUT2D eigenvalue weighted by Crippen LogP contribution is 2.27. The summed E-state index contributed by atoms with van der Waals surface area (Å²) in [6, 6.07) is 9.68. The number of para-hydroxylation sites is 1. The van der Waals surface area contributed by atoms with Crippen molar-refractivity contribution in [3.8, 4) is 17.2 Å². The second kappa shape index (κ2) is 4.17. The van der Waals surface area contributed by atoms with Gasteiger partial charge in [-0.25, -0.2) is 0 Å². The molecule has 0 spiro atoms. The monoisotopic (exact) mass is 230 g/mol. The summed E-state index contributed by atoms with van der Waals surface area (Å²) in [7, 11) is 0. The first kappa shape index (κ1) is 11.0. The predicted octanol–water partition coefficient (Wildman–Crippen LogP) is 2.03. The maximum atomic E-state index is 12.0. The highest BCUT2D eigenvalue weighted by atomic mass is 16.3. The number of aromatic hydroxyl groups is 3. The molecule has 0 saturated heterocycles. The summed E-state index contributed by atoms with van der Waals surface area (Å²) in [5, 5.41) is 28.4. The molecular weight excluding hydrogens is 220 g/mol. The van der Waals surface area contributed by atoms with Crippen molar-refractivity contribution in [3.05, 3.63) is 53.6 Å². The summed E-state index contributed by atoms with van der Waals surface area (Å²) in [5.41, 5.74) is 0.0277. The lowest BCUT2D eigenvalue weighted by atomic mass is 10.0. The van der Waals surface area contributed by atoms with Gasteiger partial charge in [-0.2, -0.15) is 0 Å². The first-order chi connectivity index (χ1) is 8.09. The van der Waals surface area contributed by atoms with Gasteiger partial charge in [-0.1, -0.05) is 12.1 Å². The van der Waals surface area contributed by atoms with Crippen LogP contribution in [0.5, 0.6) is 17.2 Å². The number of carbonyl (C=O) groups is 1. The van der Waals surface area contributed by atoms with Gasteiger partial charge < -0.3 is 15.3 Å². The number of benzene rings is 2. The fourth-order valence-electron chi connectivity index (χ4n) is 1.52. The predicted molar refractivity (Wildman–Crippen MR) is 61.3 cm³/mol. The maximum Gasteiger partial charge on any atom is 0.200 e. The van der Waals surface area contributed by atoms with Crippen LogP contribution in [0.1, 0.15) is 15.9 Å². The molecule has 0 fully saturated rings. The third-order valence-electron chi connectivity index (χ3n) is 2.37. The molecule has 0 bridgehead atoms. The van der Waals surface area contributed by atoms with E-state index in [0.717, 1.165) is 6.07 Å². The summed E-state index contributed by atoms with van der Waals surface area (Å²) in [5.74, 6) is -1.07. The molecule has 0 saturated carbocycles. The first-order valence-corrected chi connectivity index (χ1v) is 4.94. The average Bonchev–Trinajstić information content (AvgIpc) is 2.32. The van der Waals surface area contributed by atoms with Crippen molar-refractivity contribution in [3.63, 3.8) is 0 Å². The van der Waals surface area contributed by atoms with E-state index in [4.69, 9.17) is 0 Å². The lowest BCUT2D eigenvalue weighted by molar-refractivity contribution is 0.103. The smallest absolute Gasteiger partial charge is 0.200 e. The lowest BCUT2D eigenvalue weighted by Crippen LogP contribution is -2.01.